The zero-order valence-corrected chi connectivity index (χ0v) is 13.2. The molecule has 1 N–H and O–H groups in total. The summed E-state index contributed by atoms with van der Waals surface area (Å²) >= 11 is 2.89. The third-order valence-electron chi connectivity index (χ3n) is 3.01. The Labute approximate surface area is 133 Å². The zero-order valence-electron chi connectivity index (χ0n) is 11.6. The van der Waals surface area contributed by atoms with Gasteiger partial charge in [-0.15, -0.1) is 0 Å². The number of aryl methyl sites for hydroxylation is 1. The van der Waals surface area contributed by atoms with Crippen LogP contribution < -0.4 is 5.32 Å². The van der Waals surface area contributed by atoms with Gasteiger partial charge in [-0.3, -0.25) is 9.48 Å². The molecule has 2 aromatic rings. The number of halogens is 4. The summed E-state index contributed by atoms with van der Waals surface area (Å²) in [7, 11) is 0. The first kappa shape index (κ1) is 16.5. The number of hydrogen-bond acceptors (Lipinski definition) is 2. The second kappa shape index (κ2) is 6.51. The monoisotopic (exact) mass is 375 g/mol. The molecule has 0 spiro atoms. The Morgan fingerprint density at radius 2 is 1.95 bits per heavy atom. The van der Waals surface area contributed by atoms with E-state index in [0.29, 0.717) is 11.4 Å². The van der Waals surface area contributed by atoms with Gasteiger partial charge in [0.15, 0.2) is 5.69 Å². The quantitative estimate of drug-likeness (QED) is 0.877. The second-order valence-corrected chi connectivity index (χ2v) is 5.43. The molecule has 0 radical (unpaired) electrons. The first-order chi connectivity index (χ1) is 10.3. The van der Waals surface area contributed by atoms with Gasteiger partial charge in [-0.05, 0) is 35.0 Å². The lowest BCUT2D eigenvalue weighted by molar-refractivity contribution is -0.142. The molecular weight excluding hydrogens is 363 g/mol. The minimum Gasteiger partial charge on any atom is -0.326 e. The van der Waals surface area contributed by atoms with Crippen LogP contribution in [0.15, 0.2) is 34.8 Å². The first-order valence-corrected chi connectivity index (χ1v) is 7.23. The molecule has 1 aromatic heterocycles. The third-order valence-corrected chi connectivity index (χ3v) is 3.96. The van der Waals surface area contributed by atoms with Gasteiger partial charge in [-0.2, -0.15) is 18.3 Å². The maximum absolute atomic E-state index is 12.7. The highest BCUT2D eigenvalue weighted by Crippen LogP contribution is 2.35. The molecule has 8 heteroatoms. The van der Waals surface area contributed by atoms with E-state index in [4.69, 9.17) is 0 Å². The van der Waals surface area contributed by atoms with Crippen LogP contribution in [-0.2, 0) is 17.5 Å². The van der Waals surface area contributed by atoms with Crippen molar-refractivity contribution in [1.29, 1.82) is 0 Å². The lowest BCUT2D eigenvalue weighted by atomic mass is 10.3. The van der Waals surface area contributed by atoms with Gasteiger partial charge in [-0.25, -0.2) is 0 Å². The Morgan fingerprint density at radius 3 is 2.50 bits per heavy atom. The van der Waals surface area contributed by atoms with E-state index in [0.717, 1.165) is 0 Å². The van der Waals surface area contributed by atoms with E-state index in [2.05, 4.69) is 26.3 Å². The molecule has 0 aliphatic heterocycles. The number of nitrogens with zero attached hydrogens (tertiary/aromatic N) is 2. The molecule has 118 valence electrons. The molecule has 0 saturated heterocycles. The fraction of sp³-hybridized carbons (Fsp3) is 0.286. The molecule has 0 aliphatic rings. The first-order valence-electron chi connectivity index (χ1n) is 6.44. The molecule has 22 heavy (non-hydrogen) atoms. The minimum absolute atomic E-state index is 0.0289. The number of anilines is 1. The average molecular weight is 376 g/mol. The number of rotatable bonds is 4. The van der Waals surface area contributed by atoms with E-state index in [1.165, 1.54) is 11.6 Å². The molecule has 1 amide bonds. The number of benzene rings is 1. The summed E-state index contributed by atoms with van der Waals surface area (Å²) in [5, 5.41) is 6.19. The van der Waals surface area contributed by atoms with E-state index in [-0.39, 0.29) is 23.3 Å². The van der Waals surface area contributed by atoms with Crippen molar-refractivity contribution < 1.29 is 18.0 Å². The smallest absolute Gasteiger partial charge is 0.326 e. The number of carbonyl (C=O) groups is 1. The molecule has 0 saturated carbocycles. The fourth-order valence-electron chi connectivity index (χ4n) is 1.88. The predicted octanol–water partition coefficient (Wildman–Crippen LogP) is 4.00. The Hall–Kier alpha value is -1.83. The maximum atomic E-state index is 12.7. The van der Waals surface area contributed by atoms with Crippen LogP contribution in [0.4, 0.5) is 18.9 Å². The molecule has 2 rings (SSSR count). The van der Waals surface area contributed by atoms with Crippen molar-refractivity contribution in [2.75, 3.05) is 5.32 Å². The van der Waals surface area contributed by atoms with Gasteiger partial charge in [0.1, 0.15) is 0 Å². The van der Waals surface area contributed by atoms with Gasteiger partial charge in [0, 0.05) is 12.1 Å². The largest absolute Gasteiger partial charge is 0.436 e. The number of aromatic nitrogens is 2. The van der Waals surface area contributed by atoms with E-state index in [1.54, 1.807) is 24.3 Å². The number of hydrogen-bond donors (Lipinski definition) is 1. The van der Waals surface area contributed by atoms with Crippen molar-refractivity contribution >= 4 is 27.5 Å². The van der Waals surface area contributed by atoms with Gasteiger partial charge in [0.25, 0.3) is 0 Å². The van der Waals surface area contributed by atoms with Gasteiger partial charge in [-0.1, -0.05) is 18.2 Å². The summed E-state index contributed by atoms with van der Waals surface area (Å²) in [6.45, 7) is 1.58. The molecule has 0 aliphatic carbocycles. The highest BCUT2D eigenvalue weighted by atomic mass is 79.9. The molecule has 0 bridgehead atoms. The standard InChI is InChI=1S/C14H13BrF3N3O/c1-9-12(15)13(14(16,17)18)20-21(9)8-7-11(22)19-10-5-3-2-4-6-10/h2-6H,7-8H2,1H3,(H,19,22). The Bertz CT molecular complexity index is 668. The molecule has 4 nitrogen and oxygen atoms in total. The summed E-state index contributed by atoms with van der Waals surface area (Å²) in [4.78, 5) is 11.8. The summed E-state index contributed by atoms with van der Waals surface area (Å²) in [6.07, 6.45) is -4.50. The molecular formula is C14H13BrF3N3O. The second-order valence-electron chi connectivity index (χ2n) is 4.63. The molecule has 1 heterocycles. The van der Waals surface area contributed by atoms with Crippen molar-refractivity contribution in [3.63, 3.8) is 0 Å². The number of alkyl halides is 3. The minimum atomic E-state index is -4.53. The van der Waals surface area contributed by atoms with Gasteiger partial charge in [0.2, 0.25) is 5.91 Å². The van der Waals surface area contributed by atoms with Crippen molar-refractivity contribution in [1.82, 2.24) is 9.78 Å². The van der Waals surface area contributed by atoms with Gasteiger partial charge >= 0.3 is 6.18 Å². The lowest BCUT2D eigenvalue weighted by Gasteiger charge is -2.06. The van der Waals surface area contributed by atoms with Crippen molar-refractivity contribution in [3.8, 4) is 0 Å². The predicted molar refractivity (Wildman–Crippen MR) is 79.4 cm³/mol. The summed E-state index contributed by atoms with van der Waals surface area (Å²) < 4.78 is 39.3. The average Bonchev–Trinajstić information content (AvgIpc) is 2.74. The topological polar surface area (TPSA) is 46.9 Å². The maximum Gasteiger partial charge on any atom is 0.436 e. The highest BCUT2D eigenvalue weighted by Gasteiger charge is 2.37. The summed E-state index contributed by atoms with van der Waals surface area (Å²) in [6, 6.07) is 8.84. The van der Waals surface area contributed by atoms with Crippen molar-refractivity contribution in [2.24, 2.45) is 0 Å². The van der Waals surface area contributed by atoms with E-state index < -0.39 is 11.9 Å². The van der Waals surface area contributed by atoms with Crippen LogP contribution in [0.25, 0.3) is 0 Å². The number of nitrogens with one attached hydrogen (secondary N) is 1. The molecule has 0 fully saturated rings. The SMILES string of the molecule is Cc1c(Br)c(C(F)(F)F)nn1CCC(=O)Nc1ccccc1. The van der Waals surface area contributed by atoms with Crippen molar-refractivity contribution in [3.05, 3.63) is 46.2 Å². The number of para-hydroxylation sites is 1. The van der Waals surface area contributed by atoms with Crippen LogP contribution in [0, 0.1) is 6.92 Å². The van der Waals surface area contributed by atoms with E-state index in [9.17, 15) is 18.0 Å². The van der Waals surface area contributed by atoms with Crippen LogP contribution in [0.1, 0.15) is 17.8 Å². The van der Waals surface area contributed by atoms with Gasteiger partial charge < -0.3 is 5.32 Å². The Kier molecular flexibility index (Phi) is 4.90. The molecule has 0 atom stereocenters. The fourth-order valence-corrected chi connectivity index (χ4v) is 2.38. The Balaban J connectivity index is 2.01. The van der Waals surface area contributed by atoms with Crippen molar-refractivity contribution in [2.45, 2.75) is 26.1 Å². The van der Waals surface area contributed by atoms with Gasteiger partial charge in [0.05, 0.1) is 16.7 Å². The molecule has 0 unspecified atom stereocenters. The summed E-state index contributed by atoms with van der Waals surface area (Å²) in [5.41, 5.74) is -0.00449. The molecule has 1 aromatic carbocycles. The van der Waals surface area contributed by atoms with E-state index >= 15 is 0 Å². The number of amides is 1. The Morgan fingerprint density at radius 1 is 1.32 bits per heavy atom. The highest BCUT2D eigenvalue weighted by molar-refractivity contribution is 9.10. The van der Waals surface area contributed by atoms with Crippen LogP contribution in [0.3, 0.4) is 0 Å². The zero-order chi connectivity index (χ0) is 16.3. The number of carbonyl (C=O) groups excluding carboxylic acids is 1. The summed E-state index contributed by atoms with van der Waals surface area (Å²) in [5.74, 6) is -0.286. The third kappa shape index (κ3) is 3.88. The van der Waals surface area contributed by atoms with Crippen LogP contribution in [0.2, 0.25) is 0 Å². The van der Waals surface area contributed by atoms with Crippen LogP contribution in [0.5, 0.6) is 0 Å². The van der Waals surface area contributed by atoms with Crippen LogP contribution >= 0.6 is 15.9 Å². The lowest BCUT2D eigenvalue weighted by Crippen LogP contribution is -2.16. The van der Waals surface area contributed by atoms with E-state index in [1.807, 2.05) is 6.07 Å². The van der Waals surface area contributed by atoms with Crippen LogP contribution in [-0.4, -0.2) is 15.7 Å². The normalized spacial score (nSPS) is 11.5.